The molecule has 1 aliphatic rings. The molecule has 1 amide bonds. The van der Waals surface area contributed by atoms with Gasteiger partial charge in [0.15, 0.2) is 0 Å². The zero-order chi connectivity index (χ0) is 17.9. The second-order valence-corrected chi connectivity index (χ2v) is 8.78. The van der Waals surface area contributed by atoms with Crippen molar-refractivity contribution >= 4 is 39.7 Å². The molecule has 1 fully saturated rings. The third kappa shape index (κ3) is 4.83. The molecule has 0 radical (unpaired) electrons. The molecule has 1 aliphatic heterocycles. The first kappa shape index (κ1) is 20.9. The fourth-order valence-corrected chi connectivity index (χ4v) is 4.56. The lowest BCUT2D eigenvalue weighted by molar-refractivity contribution is 0.0655. The maximum atomic E-state index is 12.7. The average Bonchev–Trinajstić information content (AvgIpc) is 3.14. The number of nitrogens with zero attached hydrogens (tertiary/aromatic N) is 1. The third-order valence-electron chi connectivity index (χ3n) is 4.17. The zero-order valence-corrected chi connectivity index (χ0v) is 16.8. The maximum absolute atomic E-state index is 12.7. The van der Waals surface area contributed by atoms with Gasteiger partial charge in [0, 0.05) is 42.7 Å². The summed E-state index contributed by atoms with van der Waals surface area (Å²) in [6.45, 7) is 4.33. The first-order chi connectivity index (χ1) is 12.0. The summed E-state index contributed by atoms with van der Waals surface area (Å²) in [5.41, 5.74) is 0.396. The summed E-state index contributed by atoms with van der Waals surface area (Å²) < 4.78 is 27.6. The van der Waals surface area contributed by atoms with E-state index >= 15 is 0 Å². The fraction of sp³-hybridized carbons (Fsp3) is 0.353. The number of benzene rings is 1. The third-order valence-corrected chi connectivity index (χ3v) is 6.45. The molecule has 0 bridgehead atoms. The van der Waals surface area contributed by atoms with Gasteiger partial charge in [0.25, 0.3) is 5.91 Å². The van der Waals surface area contributed by atoms with E-state index in [1.54, 1.807) is 17.0 Å². The lowest BCUT2D eigenvalue weighted by Crippen LogP contribution is -2.52. The van der Waals surface area contributed by atoms with Gasteiger partial charge >= 0.3 is 0 Å². The number of nitrogens with one attached hydrogen (secondary N) is 2. The summed E-state index contributed by atoms with van der Waals surface area (Å²) in [5, 5.41) is 5.14. The van der Waals surface area contributed by atoms with Crippen LogP contribution in [0.15, 0.2) is 46.7 Å². The molecule has 1 saturated heterocycles. The number of hydrogen-bond donors (Lipinski definition) is 2. The predicted octanol–water partition coefficient (Wildman–Crippen LogP) is 2.08. The van der Waals surface area contributed by atoms with E-state index in [4.69, 9.17) is 0 Å². The van der Waals surface area contributed by atoms with Crippen LogP contribution in [0.4, 0.5) is 0 Å². The van der Waals surface area contributed by atoms with Gasteiger partial charge in [-0.25, -0.2) is 13.1 Å². The first-order valence-electron chi connectivity index (χ1n) is 8.11. The molecular formula is C17H22ClN3O3S2. The average molecular weight is 416 g/mol. The summed E-state index contributed by atoms with van der Waals surface area (Å²) >= 11 is 1.49. The molecule has 0 unspecified atom stereocenters. The Morgan fingerprint density at radius 1 is 1.35 bits per heavy atom. The van der Waals surface area contributed by atoms with Gasteiger partial charge in [0.05, 0.1) is 4.90 Å². The van der Waals surface area contributed by atoms with Crippen molar-refractivity contribution in [1.82, 2.24) is 14.9 Å². The number of carbonyl (C=O) groups excluding carboxylic acids is 1. The number of halogens is 1. The van der Waals surface area contributed by atoms with Crippen LogP contribution in [0.1, 0.15) is 22.2 Å². The highest BCUT2D eigenvalue weighted by Crippen LogP contribution is 2.16. The number of amides is 1. The Labute approximate surface area is 164 Å². The lowest BCUT2D eigenvalue weighted by atomic mass is 10.1. The van der Waals surface area contributed by atoms with Gasteiger partial charge in [-0.2, -0.15) is 0 Å². The normalized spacial score (nSPS) is 17.6. The summed E-state index contributed by atoms with van der Waals surface area (Å²) in [6, 6.07) is 10.1. The van der Waals surface area contributed by atoms with Gasteiger partial charge in [-0.1, -0.05) is 12.1 Å². The van der Waals surface area contributed by atoms with Gasteiger partial charge < -0.3 is 10.2 Å². The predicted molar refractivity (Wildman–Crippen MR) is 105 cm³/mol. The van der Waals surface area contributed by atoms with E-state index in [9.17, 15) is 13.2 Å². The van der Waals surface area contributed by atoms with Crippen molar-refractivity contribution in [1.29, 1.82) is 0 Å². The van der Waals surface area contributed by atoms with Gasteiger partial charge in [-0.3, -0.25) is 4.79 Å². The van der Waals surface area contributed by atoms with Crippen LogP contribution >= 0.6 is 23.7 Å². The van der Waals surface area contributed by atoms with Crippen LogP contribution in [0, 0.1) is 0 Å². The fourth-order valence-electron chi connectivity index (χ4n) is 2.77. The van der Waals surface area contributed by atoms with Gasteiger partial charge in [0.1, 0.15) is 0 Å². The van der Waals surface area contributed by atoms with Crippen LogP contribution in [0.25, 0.3) is 0 Å². The van der Waals surface area contributed by atoms with Crippen molar-refractivity contribution in [3.8, 4) is 0 Å². The highest BCUT2D eigenvalue weighted by Gasteiger charge is 2.25. The Hall–Kier alpha value is -1.45. The number of hydrogen-bond acceptors (Lipinski definition) is 5. The van der Waals surface area contributed by atoms with E-state index in [1.165, 1.54) is 23.5 Å². The van der Waals surface area contributed by atoms with Crippen LogP contribution in [0.3, 0.4) is 0 Å². The topological polar surface area (TPSA) is 78.5 Å². The van der Waals surface area contributed by atoms with E-state index in [0.717, 1.165) is 18.0 Å². The SMILES string of the molecule is C[C@@H]1CNCCN1C(=O)c1cccc(S(=O)(=O)NCc2cccs2)c1.Cl. The highest BCUT2D eigenvalue weighted by atomic mass is 35.5. The van der Waals surface area contributed by atoms with Crippen molar-refractivity contribution in [3.63, 3.8) is 0 Å². The largest absolute Gasteiger partial charge is 0.333 e. The molecule has 6 nitrogen and oxygen atoms in total. The second-order valence-electron chi connectivity index (χ2n) is 5.98. The van der Waals surface area contributed by atoms with Crippen molar-refractivity contribution in [2.75, 3.05) is 19.6 Å². The van der Waals surface area contributed by atoms with E-state index < -0.39 is 10.0 Å². The molecule has 9 heteroatoms. The number of rotatable bonds is 5. The molecule has 1 atom stereocenters. The van der Waals surface area contributed by atoms with Crippen LogP contribution in [-0.2, 0) is 16.6 Å². The Balaban J connectivity index is 0.00000243. The number of carbonyl (C=O) groups is 1. The molecule has 0 spiro atoms. The summed E-state index contributed by atoms with van der Waals surface area (Å²) in [5.74, 6) is -0.135. The van der Waals surface area contributed by atoms with Crippen molar-refractivity contribution in [3.05, 3.63) is 52.2 Å². The van der Waals surface area contributed by atoms with E-state index in [2.05, 4.69) is 10.0 Å². The molecule has 2 aromatic rings. The molecule has 1 aromatic carbocycles. The Kier molecular flexibility index (Phi) is 7.19. The highest BCUT2D eigenvalue weighted by molar-refractivity contribution is 7.89. The van der Waals surface area contributed by atoms with Crippen LogP contribution in [0.5, 0.6) is 0 Å². The van der Waals surface area contributed by atoms with Crippen molar-refractivity contribution in [2.45, 2.75) is 24.4 Å². The summed E-state index contributed by atoms with van der Waals surface area (Å²) in [4.78, 5) is 15.5. The molecule has 0 saturated carbocycles. The van der Waals surface area contributed by atoms with Gasteiger partial charge in [-0.05, 0) is 36.6 Å². The Bertz CT molecular complexity index is 841. The molecular weight excluding hydrogens is 394 g/mol. The Morgan fingerprint density at radius 3 is 2.85 bits per heavy atom. The monoisotopic (exact) mass is 415 g/mol. The minimum absolute atomic E-state index is 0. The van der Waals surface area contributed by atoms with Gasteiger partial charge in [-0.15, -0.1) is 23.7 Å². The molecule has 0 aliphatic carbocycles. The van der Waals surface area contributed by atoms with Crippen molar-refractivity contribution < 1.29 is 13.2 Å². The van der Waals surface area contributed by atoms with Crippen LogP contribution in [-0.4, -0.2) is 44.9 Å². The number of sulfonamides is 1. The molecule has 2 N–H and O–H groups in total. The molecule has 26 heavy (non-hydrogen) atoms. The Morgan fingerprint density at radius 2 is 2.15 bits per heavy atom. The van der Waals surface area contributed by atoms with Crippen LogP contribution < -0.4 is 10.0 Å². The summed E-state index contributed by atoms with van der Waals surface area (Å²) in [6.07, 6.45) is 0. The smallest absolute Gasteiger partial charge is 0.254 e. The summed E-state index contributed by atoms with van der Waals surface area (Å²) in [7, 11) is -3.66. The first-order valence-corrected chi connectivity index (χ1v) is 10.5. The minimum Gasteiger partial charge on any atom is -0.333 e. The second kappa shape index (κ2) is 8.96. The van der Waals surface area contributed by atoms with E-state index in [1.807, 2.05) is 24.4 Å². The quantitative estimate of drug-likeness (QED) is 0.783. The molecule has 1 aromatic heterocycles. The molecule has 142 valence electrons. The lowest BCUT2D eigenvalue weighted by Gasteiger charge is -2.34. The van der Waals surface area contributed by atoms with E-state index in [-0.39, 0.29) is 35.8 Å². The standard InChI is InChI=1S/C17H21N3O3S2.ClH/c1-13-11-18-7-8-20(13)17(21)14-4-2-6-16(10-14)25(22,23)19-12-15-5-3-9-24-15;/h2-6,9-10,13,18-19H,7-8,11-12H2,1H3;1H/t13-;/m1./s1. The van der Waals surface area contributed by atoms with Crippen molar-refractivity contribution in [2.24, 2.45) is 0 Å². The molecule has 2 heterocycles. The maximum Gasteiger partial charge on any atom is 0.254 e. The van der Waals surface area contributed by atoms with Crippen LogP contribution in [0.2, 0.25) is 0 Å². The minimum atomic E-state index is -3.66. The number of thiophene rings is 1. The number of piperazine rings is 1. The van der Waals surface area contributed by atoms with E-state index in [0.29, 0.717) is 12.1 Å². The zero-order valence-electron chi connectivity index (χ0n) is 14.3. The molecule has 3 rings (SSSR count). The van der Waals surface area contributed by atoms with Gasteiger partial charge in [0.2, 0.25) is 10.0 Å².